The maximum Gasteiger partial charge on any atom is 0.221 e. The number of aryl methyl sites for hydroxylation is 2. The van der Waals surface area contributed by atoms with Crippen molar-refractivity contribution in [3.63, 3.8) is 0 Å². The SMILES string of the molecule is COc1cc(C)c(CNC(=O)CCN)cc1C. The first-order valence-corrected chi connectivity index (χ1v) is 5.69. The molecule has 0 heterocycles. The number of carbonyl (C=O) groups excluding carboxylic acids is 1. The number of benzene rings is 1. The van der Waals surface area contributed by atoms with Crippen LogP contribution in [0.1, 0.15) is 23.1 Å². The molecule has 4 nitrogen and oxygen atoms in total. The van der Waals surface area contributed by atoms with Crippen LogP contribution in [0.4, 0.5) is 0 Å². The van der Waals surface area contributed by atoms with E-state index in [2.05, 4.69) is 5.32 Å². The van der Waals surface area contributed by atoms with E-state index in [1.54, 1.807) is 7.11 Å². The Hall–Kier alpha value is -1.55. The van der Waals surface area contributed by atoms with Crippen LogP contribution < -0.4 is 15.8 Å². The van der Waals surface area contributed by atoms with Crippen LogP contribution in [0.3, 0.4) is 0 Å². The van der Waals surface area contributed by atoms with Crippen molar-refractivity contribution in [1.82, 2.24) is 5.32 Å². The van der Waals surface area contributed by atoms with E-state index in [0.717, 1.165) is 22.4 Å². The predicted octanol–water partition coefficient (Wildman–Crippen LogP) is 1.28. The molecule has 0 spiro atoms. The topological polar surface area (TPSA) is 64.3 Å². The van der Waals surface area contributed by atoms with Crippen LogP contribution in [0.25, 0.3) is 0 Å². The molecule has 0 aliphatic carbocycles. The average molecular weight is 236 g/mol. The van der Waals surface area contributed by atoms with Gasteiger partial charge in [-0.2, -0.15) is 0 Å². The molecule has 0 saturated heterocycles. The molecule has 0 aromatic heterocycles. The first kappa shape index (κ1) is 13.5. The van der Waals surface area contributed by atoms with E-state index in [4.69, 9.17) is 10.5 Å². The summed E-state index contributed by atoms with van der Waals surface area (Å²) in [6.45, 7) is 4.91. The van der Waals surface area contributed by atoms with Gasteiger partial charge in [0, 0.05) is 19.5 Å². The first-order valence-electron chi connectivity index (χ1n) is 5.69. The van der Waals surface area contributed by atoms with E-state index in [1.165, 1.54) is 0 Å². The van der Waals surface area contributed by atoms with Gasteiger partial charge in [0.1, 0.15) is 5.75 Å². The standard InChI is InChI=1S/C13H20N2O2/c1-9-7-12(17-3)10(2)6-11(9)8-15-13(16)4-5-14/h6-7H,4-5,8,14H2,1-3H3,(H,15,16). The van der Waals surface area contributed by atoms with E-state index >= 15 is 0 Å². The highest BCUT2D eigenvalue weighted by Gasteiger charge is 2.06. The molecular weight excluding hydrogens is 216 g/mol. The van der Waals surface area contributed by atoms with E-state index in [9.17, 15) is 4.79 Å². The fraction of sp³-hybridized carbons (Fsp3) is 0.462. The largest absolute Gasteiger partial charge is 0.496 e. The van der Waals surface area contributed by atoms with Crippen LogP contribution in [-0.4, -0.2) is 19.6 Å². The van der Waals surface area contributed by atoms with Gasteiger partial charge in [0.05, 0.1) is 7.11 Å². The molecule has 1 amide bonds. The molecule has 0 aliphatic rings. The van der Waals surface area contributed by atoms with Gasteiger partial charge in [0.25, 0.3) is 0 Å². The van der Waals surface area contributed by atoms with Crippen LogP contribution in [-0.2, 0) is 11.3 Å². The molecule has 0 radical (unpaired) electrons. The maximum atomic E-state index is 11.3. The zero-order valence-corrected chi connectivity index (χ0v) is 10.7. The molecule has 1 rings (SSSR count). The van der Waals surface area contributed by atoms with Gasteiger partial charge in [-0.3, -0.25) is 4.79 Å². The zero-order valence-electron chi connectivity index (χ0n) is 10.7. The molecule has 0 aliphatic heterocycles. The van der Waals surface area contributed by atoms with Crippen molar-refractivity contribution in [2.75, 3.05) is 13.7 Å². The Morgan fingerprint density at radius 2 is 2.06 bits per heavy atom. The number of amides is 1. The molecule has 0 fully saturated rings. The highest BCUT2D eigenvalue weighted by molar-refractivity contribution is 5.76. The summed E-state index contributed by atoms with van der Waals surface area (Å²) in [4.78, 5) is 11.3. The Kier molecular flexibility index (Phi) is 4.97. The molecule has 4 heteroatoms. The number of methoxy groups -OCH3 is 1. The van der Waals surface area contributed by atoms with Crippen molar-refractivity contribution < 1.29 is 9.53 Å². The van der Waals surface area contributed by atoms with Gasteiger partial charge in [-0.1, -0.05) is 6.07 Å². The Bertz CT molecular complexity index is 403. The molecule has 0 bridgehead atoms. The van der Waals surface area contributed by atoms with Gasteiger partial charge in [-0.25, -0.2) is 0 Å². The van der Waals surface area contributed by atoms with Crippen LogP contribution >= 0.6 is 0 Å². The van der Waals surface area contributed by atoms with Crippen molar-refractivity contribution in [2.45, 2.75) is 26.8 Å². The fourth-order valence-electron chi connectivity index (χ4n) is 1.67. The molecule has 94 valence electrons. The summed E-state index contributed by atoms with van der Waals surface area (Å²) in [5.41, 5.74) is 8.60. The Balaban J connectivity index is 2.72. The number of ether oxygens (including phenoxy) is 1. The summed E-state index contributed by atoms with van der Waals surface area (Å²) in [6, 6.07) is 4.02. The van der Waals surface area contributed by atoms with Gasteiger partial charge < -0.3 is 15.8 Å². The fourth-order valence-corrected chi connectivity index (χ4v) is 1.67. The number of nitrogens with two attached hydrogens (primary N) is 1. The summed E-state index contributed by atoms with van der Waals surface area (Å²) in [5.74, 6) is 0.861. The molecule has 1 aromatic carbocycles. The number of hydrogen-bond acceptors (Lipinski definition) is 3. The van der Waals surface area contributed by atoms with E-state index in [-0.39, 0.29) is 5.91 Å². The molecule has 0 unspecified atom stereocenters. The molecule has 3 N–H and O–H groups in total. The highest BCUT2D eigenvalue weighted by atomic mass is 16.5. The number of hydrogen-bond donors (Lipinski definition) is 2. The Morgan fingerprint density at radius 1 is 1.35 bits per heavy atom. The van der Waals surface area contributed by atoms with Crippen molar-refractivity contribution in [2.24, 2.45) is 5.73 Å². The lowest BCUT2D eigenvalue weighted by Gasteiger charge is -2.12. The second-order valence-electron chi connectivity index (χ2n) is 4.06. The van der Waals surface area contributed by atoms with E-state index < -0.39 is 0 Å². The third kappa shape index (κ3) is 3.75. The van der Waals surface area contributed by atoms with E-state index in [0.29, 0.717) is 19.5 Å². The quantitative estimate of drug-likeness (QED) is 0.809. The Morgan fingerprint density at radius 3 is 2.65 bits per heavy atom. The van der Waals surface area contributed by atoms with Crippen molar-refractivity contribution >= 4 is 5.91 Å². The summed E-state index contributed by atoms with van der Waals surface area (Å²) in [5, 5.41) is 2.85. The lowest BCUT2D eigenvalue weighted by molar-refractivity contribution is -0.121. The smallest absolute Gasteiger partial charge is 0.221 e. The van der Waals surface area contributed by atoms with Gasteiger partial charge in [0.2, 0.25) is 5.91 Å². The lowest BCUT2D eigenvalue weighted by atomic mass is 10.0. The summed E-state index contributed by atoms with van der Waals surface area (Å²) in [7, 11) is 1.66. The molecule has 17 heavy (non-hydrogen) atoms. The first-order chi connectivity index (χ1) is 8.08. The molecular formula is C13H20N2O2. The monoisotopic (exact) mass is 236 g/mol. The van der Waals surface area contributed by atoms with Crippen LogP contribution in [0.5, 0.6) is 5.75 Å². The third-order valence-electron chi connectivity index (χ3n) is 2.70. The van der Waals surface area contributed by atoms with E-state index in [1.807, 2.05) is 26.0 Å². The predicted molar refractivity (Wildman–Crippen MR) is 68.0 cm³/mol. The van der Waals surface area contributed by atoms with Crippen molar-refractivity contribution in [1.29, 1.82) is 0 Å². The van der Waals surface area contributed by atoms with Crippen molar-refractivity contribution in [3.05, 3.63) is 28.8 Å². The number of rotatable bonds is 5. The minimum absolute atomic E-state index is 0.0135. The summed E-state index contributed by atoms with van der Waals surface area (Å²) in [6.07, 6.45) is 0.369. The van der Waals surface area contributed by atoms with Crippen LogP contribution in [0, 0.1) is 13.8 Å². The average Bonchev–Trinajstić information content (AvgIpc) is 2.30. The van der Waals surface area contributed by atoms with Gasteiger partial charge >= 0.3 is 0 Å². The second kappa shape index (κ2) is 6.25. The molecule has 0 saturated carbocycles. The molecule has 0 atom stereocenters. The zero-order chi connectivity index (χ0) is 12.8. The van der Waals surface area contributed by atoms with Crippen LogP contribution in [0.15, 0.2) is 12.1 Å². The Labute approximate surface area is 102 Å². The number of nitrogens with one attached hydrogen (secondary N) is 1. The number of carbonyl (C=O) groups is 1. The third-order valence-corrected chi connectivity index (χ3v) is 2.70. The van der Waals surface area contributed by atoms with Gasteiger partial charge in [-0.15, -0.1) is 0 Å². The van der Waals surface area contributed by atoms with Gasteiger partial charge in [0.15, 0.2) is 0 Å². The maximum absolute atomic E-state index is 11.3. The second-order valence-corrected chi connectivity index (χ2v) is 4.06. The van der Waals surface area contributed by atoms with Crippen LogP contribution in [0.2, 0.25) is 0 Å². The molecule has 1 aromatic rings. The minimum Gasteiger partial charge on any atom is -0.496 e. The normalized spacial score (nSPS) is 10.1. The minimum atomic E-state index is -0.0135. The lowest BCUT2D eigenvalue weighted by Crippen LogP contribution is -2.25. The summed E-state index contributed by atoms with van der Waals surface area (Å²) >= 11 is 0. The highest BCUT2D eigenvalue weighted by Crippen LogP contribution is 2.22. The summed E-state index contributed by atoms with van der Waals surface area (Å²) < 4.78 is 5.24. The van der Waals surface area contributed by atoms with Crippen molar-refractivity contribution in [3.8, 4) is 5.75 Å². The van der Waals surface area contributed by atoms with Gasteiger partial charge in [-0.05, 0) is 36.6 Å².